The topological polar surface area (TPSA) is 55.4 Å². The van der Waals surface area contributed by atoms with Crippen molar-refractivity contribution in [3.05, 3.63) is 63.6 Å². The molecule has 0 atom stereocenters. The van der Waals surface area contributed by atoms with E-state index in [1.165, 1.54) is 13.2 Å². The first-order valence-electron chi connectivity index (χ1n) is 6.42. The van der Waals surface area contributed by atoms with Gasteiger partial charge in [0.2, 0.25) is 0 Å². The fourth-order valence-electron chi connectivity index (χ4n) is 1.88. The average molecular weight is 338 g/mol. The van der Waals surface area contributed by atoms with Crippen molar-refractivity contribution in [2.75, 3.05) is 13.7 Å². The Morgan fingerprint density at radius 2 is 1.82 bits per heavy atom. The van der Waals surface area contributed by atoms with Crippen LogP contribution >= 0.6 is 23.2 Å². The van der Waals surface area contributed by atoms with Crippen LogP contribution in [-0.2, 0) is 0 Å². The molecule has 0 heterocycles. The Balaban J connectivity index is 2.07. The Morgan fingerprint density at radius 3 is 2.50 bits per heavy atom. The molecule has 2 aromatic carbocycles. The maximum atomic E-state index is 12.2. The van der Waals surface area contributed by atoms with E-state index in [-0.39, 0.29) is 17.9 Å². The van der Waals surface area contributed by atoms with E-state index in [0.29, 0.717) is 21.4 Å². The molecule has 0 spiro atoms. The van der Waals surface area contributed by atoms with Crippen LogP contribution in [0.4, 0.5) is 0 Å². The predicted octanol–water partition coefficient (Wildman–Crippen LogP) is 3.61. The van der Waals surface area contributed by atoms with Gasteiger partial charge in [-0.1, -0.05) is 35.3 Å². The summed E-state index contributed by atoms with van der Waals surface area (Å²) in [5, 5.41) is 3.42. The molecule has 0 unspecified atom stereocenters. The van der Waals surface area contributed by atoms with Gasteiger partial charge in [0.25, 0.3) is 5.91 Å². The molecule has 0 aromatic heterocycles. The second-order valence-corrected chi connectivity index (χ2v) is 5.33. The summed E-state index contributed by atoms with van der Waals surface area (Å²) in [5.41, 5.74) is 0.708. The highest BCUT2D eigenvalue weighted by Gasteiger charge is 2.14. The molecule has 4 nitrogen and oxygen atoms in total. The number of Topliss-reactive ketones (excluding diaryl/α,β-unsaturated/α-hetero) is 1. The third kappa shape index (κ3) is 4.00. The molecule has 0 bridgehead atoms. The van der Waals surface area contributed by atoms with Gasteiger partial charge in [0.1, 0.15) is 5.75 Å². The van der Waals surface area contributed by atoms with Gasteiger partial charge in [-0.3, -0.25) is 9.59 Å². The number of methoxy groups -OCH3 is 1. The highest BCUT2D eigenvalue weighted by Crippen LogP contribution is 2.22. The lowest BCUT2D eigenvalue weighted by Crippen LogP contribution is -2.29. The van der Waals surface area contributed by atoms with E-state index in [9.17, 15) is 9.59 Å². The van der Waals surface area contributed by atoms with Gasteiger partial charge in [-0.15, -0.1) is 0 Å². The van der Waals surface area contributed by atoms with Gasteiger partial charge in [0.15, 0.2) is 5.78 Å². The number of ketones is 1. The highest BCUT2D eigenvalue weighted by molar-refractivity contribution is 6.31. The normalized spacial score (nSPS) is 10.1. The maximum absolute atomic E-state index is 12.2. The molecule has 2 aromatic rings. The molecule has 1 N–H and O–H groups in total. The fourth-order valence-corrected chi connectivity index (χ4v) is 2.24. The zero-order chi connectivity index (χ0) is 16.1. The first-order chi connectivity index (χ1) is 10.5. The number of hydrogen-bond acceptors (Lipinski definition) is 3. The summed E-state index contributed by atoms with van der Waals surface area (Å²) in [4.78, 5) is 24.2. The SMILES string of the molecule is COc1ccc(Cl)cc1C(=O)NCC(=O)c1cccc(Cl)c1. The van der Waals surface area contributed by atoms with Crippen molar-refractivity contribution in [3.63, 3.8) is 0 Å². The standard InChI is InChI=1S/C16H13Cl2NO3/c1-22-15-6-5-12(18)8-13(15)16(21)19-9-14(20)10-3-2-4-11(17)7-10/h2-8H,9H2,1H3,(H,19,21). The molecular weight excluding hydrogens is 325 g/mol. The molecule has 0 aliphatic rings. The highest BCUT2D eigenvalue weighted by atomic mass is 35.5. The molecule has 0 aliphatic heterocycles. The van der Waals surface area contributed by atoms with Crippen LogP contribution in [0.5, 0.6) is 5.75 Å². The number of amides is 1. The molecule has 0 saturated carbocycles. The molecule has 2 rings (SSSR count). The number of carbonyl (C=O) groups is 2. The average Bonchev–Trinajstić information content (AvgIpc) is 2.52. The monoisotopic (exact) mass is 337 g/mol. The van der Waals surface area contributed by atoms with E-state index in [1.54, 1.807) is 36.4 Å². The van der Waals surface area contributed by atoms with Gasteiger partial charge in [-0.25, -0.2) is 0 Å². The van der Waals surface area contributed by atoms with E-state index in [1.807, 2.05) is 0 Å². The van der Waals surface area contributed by atoms with Crippen LogP contribution in [0, 0.1) is 0 Å². The summed E-state index contributed by atoms with van der Waals surface area (Å²) in [6.45, 7) is -0.144. The molecule has 0 fully saturated rings. The van der Waals surface area contributed by atoms with Crippen LogP contribution in [0.3, 0.4) is 0 Å². The Kier molecular flexibility index (Phi) is 5.41. The first-order valence-corrected chi connectivity index (χ1v) is 7.17. The van der Waals surface area contributed by atoms with Gasteiger partial charge in [-0.05, 0) is 30.3 Å². The molecular formula is C16H13Cl2NO3. The van der Waals surface area contributed by atoms with Crippen molar-refractivity contribution in [1.82, 2.24) is 5.32 Å². The van der Waals surface area contributed by atoms with Crippen LogP contribution in [0.2, 0.25) is 10.0 Å². The lowest BCUT2D eigenvalue weighted by Gasteiger charge is -2.09. The molecule has 22 heavy (non-hydrogen) atoms. The van der Waals surface area contributed by atoms with Gasteiger partial charge >= 0.3 is 0 Å². The number of ether oxygens (including phenoxy) is 1. The summed E-state index contributed by atoms with van der Waals surface area (Å²) >= 11 is 11.7. The van der Waals surface area contributed by atoms with E-state index < -0.39 is 5.91 Å². The minimum atomic E-state index is -0.435. The quantitative estimate of drug-likeness (QED) is 0.848. The smallest absolute Gasteiger partial charge is 0.255 e. The number of rotatable bonds is 5. The number of carbonyl (C=O) groups excluding carboxylic acids is 2. The van der Waals surface area contributed by atoms with Gasteiger partial charge < -0.3 is 10.1 Å². The number of hydrogen-bond donors (Lipinski definition) is 1. The van der Waals surface area contributed by atoms with Crippen LogP contribution in [-0.4, -0.2) is 25.3 Å². The molecule has 0 radical (unpaired) electrons. The number of nitrogens with one attached hydrogen (secondary N) is 1. The summed E-state index contributed by atoms with van der Waals surface area (Å²) in [7, 11) is 1.46. The summed E-state index contributed by atoms with van der Waals surface area (Å²) in [6.07, 6.45) is 0. The van der Waals surface area contributed by atoms with Gasteiger partial charge in [0.05, 0.1) is 19.2 Å². The van der Waals surface area contributed by atoms with Crippen LogP contribution < -0.4 is 10.1 Å². The summed E-state index contributed by atoms with van der Waals surface area (Å²) in [6, 6.07) is 11.2. The van der Waals surface area contributed by atoms with E-state index in [4.69, 9.17) is 27.9 Å². The fraction of sp³-hybridized carbons (Fsp3) is 0.125. The molecule has 114 valence electrons. The van der Waals surface area contributed by atoms with Crippen molar-refractivity contribution in [2.24, 2.45) is 0 Å². The zero-order valence-electron chi connectivity index (χ0n) is 11.7. The third-order valence-corrected chi connectivity index (χ3v) is 3.43. The van der Waals surface area contributed by atoms with Gasteiger partial charge in [-0.2, -0.15) is 0 Å². The molecule has 0 aliphatic carbocycles. The van der Waals surface area contributed by atoms with Crippen molar-refractivity contribution >= 4 is 34.9 Å². The lowest BCUT2D eigenvalue weighted by atomic mass is 10.1. The Hall–Kier alpha value is -2.04. The van der Waals surface area contributed by atoms with E-state index >= 15 is 0 Å². The Bertz CT molecular complexity index is 716. The minimum Gasteiger partial charge on any atom is -0.496 e. The van der Waals surface area contributed by atoms with Crippen LogP contribution in [0.25, 0.3) is 0 Å². The number of halogens is 2. The minimum absolute atomic E-state index is 0.144. The second-order valence-electron chi connectivity index (χ2n) is 4.46. The maximum Gasteiger partial charge on any atom is 0.255 e. The zero-order valence-corrected chi connectivity index (χ0v) is 13.2. The Labute approximate surface area is 138 Å². The molecule has 1 amide bonds. The second kappa shape index (κ2) is 7.29. The largest absolute Gasteiger partial charge is 0.496 e. The number of benzene rings is 2. The van der Waals surface area contributed by atoms with Gasteiger partial charge in [0, 0.05) is 15.6 Å². The van der Waals surface area contributed by atoms with Crippen molar-refractivity contribution in [1.29, 1.82) is 0 Å². The van der Waals surface area contributed by atoms with Crippen LogP contribution in [0.15, 0.2) is 42.5 Å². The van der Waals surface area contributed by atoms with Crippen LogP contribution in [0.1, 0.15) is 20.7 Å². The summed E-state index contributed by atoms with van der Waals surface area (Å²) < 4.78 is 5.11. The summed E-state index contributed by atoms with van der Waals surface area (Å²) in [5.74, 6) is -0.288. The Morgan fingerprint density at radius 1 is 1.09 bits per heavy atom. The lowest BCUT2D eigenvalue weighted by molar-refractivity contribution is 0.0902. The first kappa shape index (κ1) is 16.3. The van der Waals surface area contributed by atoms with Crippen molar-refractivity contribution in [3.8, 4) is 5.75 Å². The van der Waals surface area contributed by atoms with Crippen molar-refractivity contribution in [2.45, 2.75) is 0 Å². The van der Waals surface area contributed by atoms with Crippen molar-refractivity contribution < 1.29 is 14.3 Å². The third-order valence-electron chi connectivity index (χ3n) is 2.96. The predicted molar refractivity (Wildman–Crippen MR) is 86.1 cm³/mol. The van der Waals surface area contributed by atoms with E-state index in [2.05, 4.69) is 5.32 Å². The van der Waals surface area contributed by atoms with E-state index in [0.717, 1.165) is 0 Å². The molecule has 0 saturated heterocycles. The molecule has 6 heteroatoms.